The Morgan fingerprint density at radius 3 is 3.00 bits per heavy atom. The number of fused-ring (bicyclic) bond motifs is 1. The molecule has 88 valence electrons. The molecule has 1 aliphatic rings. The molecule has 0 spiro atoms. The van der Waals surface area contributed by atoms with Gasteiger partial charge < -0.3 is 25.1 Å². The Labute approximate surface area is 93.7 Å². The molecule has 1 aromatic rings. The third-order valence-electron chi connectivity index (χ3n) is 2.55. The van der Waals surface area contributed by atoms with Crippen molar-refractivity contribution in [1.29, 1.82) is 0 Å². The number of aliphatic hydroxyl groups is 1. The molecule has 3 N–H and O–H groups in total. The summed E-state index contributed by atoms with van der Waals surface area (Å²) < 4.78 is 15.8. The van der Waals surface area contributed by atoms with E-state index in [4.69, 9.17) is 25.1 Å². The van der Waals surface area contributed by atoms with E-state index in [-0.39, 0.29) is 19.4 Å². The highest BCUT2D eigenvalue weighted by atomic mass is 16.7. The van der Waals surface area contributed by atoms with Crippen LogP contribution in [0.1, 0.15) is 18.0 Å². The summed E-state index contributed by atoms with van der Waals surface area (Å²) in [4.78, 5) is 0. The molecule has 0 aliphatic carbocycles. The van der Waals surface area contributed by atoms with Gasteiger partial charge in [0, 0.05) is 12.6 Å². The van der Waals surface area contributed by atoms with Crippen LogP contribution >= 0.6 is 0 Å². The molecule has 0 saturated carbocycles. The highest BCUT2D eigenvalue weighted by Crippen LogP contribution is 2.42. The van der Waals surface area contributed by atoms with E-state index in [1.54, 1.807) is 7.11 Å². The number of methoxy groups -OCH3 is 1. The smallest absolute Gasteiger partial charge is 0.231 e. The number of benzene rings is 1. The number of hydrogen-bond acceptors (Lipinski definition) is 5. The van der Waals surface area contributed by atoms with E-state index in [1.807, 2.05) is 12.1 Å². The van der Waals surface area contributed by atoms with Crippen LogP contribution in [0.25, 0.3) is 0 Å². The van der Waals surface area contributed by atoms with Crippen LogP contribution in [0.2, 0.25) is 0 Å². The number of aliphatic hydroxyl groups excluding tert-OH is 1. The Hall–Kier alpha value is -1.46. The Bertz CT molecular complexity index is 380. The molecule has 0 bridgehead atoms. The largest absolute Gasteiger partial charge is 0.493 e. The summed E-state index contributed by atoms with van der Waals surface area (Å²) in [6.07, 6.45) is 0.503. The standard InChI is InChI=1S/C11H15NO4/c1-14-9-4-7(8(12)2-3-13)5-10-11(9)16-6-15-10/h4-5,8,13H,2-3,6,12H2,1H3/t8-/m0/s1. The average Bonchev–Trinajstić information content (AvgIpc) is 2.75. The number of ether oxygens (including phenoxy) is 3. The van der Waals surface area contributed by atoms with E-state index in [9.17, 15) is 0 Å². The van der Waals surface area contributed by atoms with Gasteiger partial charge in [0.15, 0.2) is 11.5 Å². The minimum absolute atomic E-state index is 0.0535. The van der Waals surface area contributed by atoms with Gasteiger partial charge in [0.05, 0.1) is 7.11 Å². The van der Waals surface area contributed by atoms with Crippen LogP contribution in [0, 0.1) is 0 Å². The lowest BCUT2D eigenvalue weighted by atomic mass is 10.0. The molecule has 16 heavy (non-hydrogen) atoms. The lowest BCUT2D eigenvalue weighted by molar-refractivity contribution is 0.171. The minimum atomic E-state index is -0.228. The van der Waals surface area contributed by atoms with Crippen LogP contribution in [0.15, 0.2) is 12.1 Å². The van der Waals surface area contributed by atoms with Crippen LogP contribution in [0.3, 0.4) is 0 Å². The molecule has 1 atom stereocenters. The monoisotopic (exact) mass is 225 g/mol. The molecule has 0 amide bonds. The Kier molecular flexibility index (Phi) is 3.17. The molecule has 1 aliphatic heterocycles. The van der Waals surface area contributed by atoms with Crippen LogP contribution in [0.5, 0.6) is 17.2 Å². The van der Waals surface area contributed by atoms with Gasteiger partial charge in [-0.05, 0) is 24.1 Å². The maximum atomic E-state index is 8.85. The topological polar surface area (TPSA) is 73.9 Å². The van der Waals surface area contributed by atoms with Gasteiger partial charge in [0.1, 0.15) is 0 Å². The van der Waals surface area contributed by atoms with Crippen LogP contribution < -0.4 is 19.9 Å². The SMILES string of the molecule is COc1cc([C@@H](N)CCO)cc2c1OCO2. The maximum Gasteiger partial charge on any atom is 0.231 e. The lowest BCUT2D eigenvalue weighted by Gasteiger charge is -2.13. The fourth-order valence-electron chi connectivity index (χ4n) is 1.67. The van der Waals surface area contributed by atoms with Gasteiger partial charge in [-0.1, -0.05) is 0 Å². The number of rotatable bonds is 4. The first-order chi connectivity index (χ1) is 7.76. The van der Waals surface area contributed by atoms with E-state index in [0.717, 1.165) is 5.56 Å². The van der Waals surface area contributed by atoms with E-state index < -0.39 is 0 Å². The first kappa shape index (κ1) is 11.0. The molecule has 5 nitrogen and oxygen atoms in total. The average molecular weight is 225 g/mol. The van der Waals surface area contributed by atoms with Crippen molar-refractivity contribution in [2.45, 2.75) is 12.5 Å². The zero-order valence-corrected chi connectivity index (χ0v) is 9.10. The van der Waals surface area contributed by atoms with E-state index >= 15 is 0 Å². The summed E-state index contributed by atoms with van der Waals surface area (Å²) in [6, 6.07) is 3.41. The van der Waals surface area contributed by atoms with Gasteiger partial charge in [0.2, 0.25) is 12.5 Å². The summed E-state index contributed by atoms with van der Waals surface area (Å²) in [7, 11) is 1.57. The van der Waals surface area contributed by atoms with E-state index in [1.165, 1.54) is 0 Å². The van der Waals surface area contributed by atoms with Crippen molar-refractivity contribution in [3.8, 4) is 17.2 Å². The van der Waals surface area contributed by atoms with Crippen molar-refractivity contribution in [3.63, 3.8) is 0 Å². The molecule has 0 radical (unpaired) electrons. The van der Waals surface area contributed by atoms with Gasteiger partial charge in [-0.2, -0.15) is 0 Å². The Balaban J connectivity index is 2.34. The van der Waals surface area contributed by atoms with Crippen molar-refractivity contribution in [2.75, 3.05) is 20.5 Å². The van der Waals surface area contributed by atoms with Crippen molar-refractivity contribution in [1.82, 2.24) is 0 Å². The summed E-state index contributed by atoms with van der Waals surface area (Å²) >= 11 is 0. The van der Waals surface area contributed by atoms with Crippen molar-refractivity contribution >= 4 is 0 Å². The minimum Gasteiger partial charge on any atom is -0.493 e. The molecule has 5 heteroatoms. The molecule has 0 fully saturated rings. The molecule has 1 heterocycles. The van der Waals surface area contributed by atoms with Gasteiger partial charge in [-0.25, -0.2) is 0 Å². The predicted molar refractivity (Wildman–Crippen MR) is 57.7 cm³/mol. The molecule has 0 aromatic heterocycles. The van der Waals surface area contributed by atoms with Crippen LogP contribution in [-0.2, 0) is 0 Å². The Morgan fingerprint density at radius 2 is 2.31 bits per heavy atom. The van der Waals surface area contributed by atoms with Crippen molar-refractivity contribution in [3.05, 3.63) is 17.7 Å². The van der Waals surface area contributed by atoms with Crippen LogP contribution in [0.4, 0.5) is 0 Å². The molecule has 0 unspecified atom stereocenters. The molecule has 1 aromatic carbocycles. The van der Waals surface area contributed by atoms with Gasteiger partial charge in [-0.15, -0.1) is 0 Å². The summed E-state index contributed by atoms with van der Waals surface area (Å²) in [5, 5.41) is 8.85. The second-order valence-corrected chi connectivity index (χ2v) is 3.58. The highest BCUT2D eigenvalue weighted by Gasteiger charge is 2.21. The maximum absolute atomic E-state index is 8.85. The molecular weight excluding hydrogens is 210 g/mol. The normalized spacial score (nSPS) is 14.9. The van der Waals surface area contributed by atoms with E-state index in [0.29, 0.717) is 23.7 Å². The zero-order chi connectivity index (χ0) is 11.5. The third kappa shape index (κ3) is 1.91. The zero-order valence-electron chi connectivity index (χ0n) is 9.10. The summed E-state index contributed by atoms with van der Waals surface area (Å²) in [6.45, 7) is 0.252. The number of nitrogens with two attached hydrogens (primary N) is 1. The molecule has 2 rings (SSSR count). The summed E-state index contributed by atoms with van der Waals surface area (Å²) in [5.74, 6) is 1.86. The molecule has 0 saturated heterocycles. The molecular formula is C11H15NO4. The summed E-state index contributed by atoms with van der Waals surface area (Å²) in [5.41, 5.74) is 6.78. The quantitative estimate of drug-likeness (QED) is 0.793. The Morgan fingerprint density at radius 1 is 1.50 bits per heavy atom. The second kappa shape index (κ2) is 4.59. The van der Waals surface area contributed by atoms with E-state index in [2.05, 4.69) is 0 Å². The van der Waals surface area contributed by atoms with Crippen LogP contribution in [-0.4, -0.2) is 25.6 Å². The predicted octanol–water partition coefficient (Wildman–Crippen LogP) is 0.806. The fraction of sp³-hybridized carbons (Fsp3) is 0.455. The van der Waals surface area contributed by atoms with Gasteiger partial charge in [0.25, 0.3) is 0 Å². The second-order valence-electron chi connectivity index (χ2n) is 3.58. The first-order valence-corrected chi connectivity index (χ1v) is 5.10. The highest BCUT2D eigenvalue weighted by molar-refractivity contribution is 5.55. The first-order valence-electron chi connectivity index (χ1n) is 5.10. The number of hydrogen-bond donors (Lipinski definition) is 2. The van der Waals surface area contributed by atoms with Crippen molar-refractivity contribution in [2.24, 2.45) is 5.73 Å². The van der Waals surface area contributed by atoms with Crippen molar-refractivity contribution < 1.29 is 19.3 Å². The van der Waals surface area contributed by atoms with Gasteiger partial charge >= 0.3 is 0 Å². The third-order valence-corrected chi connectivity index (χ3v) is 2.55. The fourth-order valence-corrected chi connectivity index (χ4v) is 1.67. The lowest BCUT2D eigenvalue weighted by Crippen LogP contribution is -2.12. The van der Waals surface area contributed by atoms with Gasteiger partial charge in [-0.3, -0.25) is 0 Å².